The molecule has 2 heterocycles. The highest BCUT2D eigenvalue weighted by atomic mass is 79.9. The van der Waals surface area contributed by atoms with E-state index in [0.717, 1.165) is 21.4 Å². The monoisotopic (exact) mass is 324 g/mol. The van der Waals surface area contributed by atoms with Gasteiger partial charge in [-0.15, -0.1) is 0 Å². The maximum Gasteiger partial charge on any atom is 0.123 e. The van der Waals surface area contributed by atoms with E-state index in [1.165, 1.54) is 12.1 Å². The van der Waals surface area contributed by atoms with Gasteiger partial charge in [0.1, 0.15) is 11.5 Å². The molecule has 0 amide bonds. The minimum Gasteiger partial charge on any atom is -0.373 e. The molecule has 0 spiro atoms. The molecule has 100 valence electrons. The van der Waals surface area contributed by atoms with Crippen molar-refractivity contribution < 1.29 is 9.13 Å². The van der Waals surface area contributed by atoms with E-state index < -0.39 is 0 Å². The van der Waals surface area contributed by atoms with Gasteiger partial charge in [-0.3, -0.25) is 4.68 Å². The summed E-state index contributed by atoms with van der Waals surface area (Å²) in [5, 5.41) is 4.67. The van der Waals surface area contributed by atoms with Crippen LogP contribution in [0.3, 0.4) is 0 Å². The predicted octanol–water partition coefficient (Wildman–Crippen LogP) is 3.72. The fraction of sp³-hybridized carbons (Fsp3) is 0.357. The Balaban J connectivity index is 2.14. The van der Waals surface area contributed by atoms with Crippen LogP contribution in [0.4, 0.5) is 4.39 Å². The molecule has 0 fully saturated rings. The lowest BCUT2D eigenvalue weighted by molar-refractivity contribution is 0.0129. The highest BCUT2D eigenvalue weighted by Gasteiger charge is 2.32. The van der Waals surface area contributed by atoms with Gasteiger partial charge in [0.25, 0.3) is 0 Å². The second-order valence-corrected chi connectivity index (χ2v) is 6.13. The van der Waals surface area contributed by atoms with E-state index in [9.17, 15) is 4.39 Å². The van der Waals surface area contributed by atoms with Crippen molar-refractivity contribution in [2.24, 2.45) is 0 Å². The van der Waals surface area contributed by atoms with E-state index >= 15 is 0 Å². The maximum absolute atomic E-state index is 13.0. The Hall–Kier alpha value is -1.20. The number of rotatable bonds is 1. The lowest BCUT2D eigenvalue weighted by atomic mass is 10.1. The molecule has 0 saturated heterocycles. The predicted molar refractivity (Wildman–Crippen MR) is 74.3 cm³/mol. The molecule has 3 rings (SSSR count). The fourth-order valence-corrected chi connectivity index (χ4v) is 2.90. The molecule has 0 unspecified atom stereocenters. The van der Waals surface area contributed by atoms with Crippen molar-refractivity contribution in [2.75, 3.05) is 6.61 Å². The molecule has 1 aliphatic heterocycles. The zero-order valence-corrected chi connectivity index (χ0v) is 12.4. The van der Waals surface area contributed by atoms with Gasteiger partial charge in [0, 0.05) is 5.56 Å². The third-order valence-electron chi connectivity index (χ3n) is 3.30. The molecule has 1 aliphatic rings. The van der Waals surface area contributed by atoms with Crippen LogP contribution in [0.2, 0.25) is 0 Å². The molecule has 1 aromatic heterocycles. The largest absolute Gasteiger partial charge is 0.373 e. The van der Waals surface area contributed by atoms with Crippen molar-refractivity contribution in [3.05, 3.63) is 40.2 Å². The Morgan fingerprint density at radius 3 is 2.63 bits per heavy atom. The molecule has 3 nitrogen and oxygen atoms in total. The van der Waals surface area contributed by atoms with Crippen LogP contribution in [0.25, 0.3) is 11.3 Å². The molecular formula is C14H14BrFN2O. The molecule has 0 N–H and O–H groups in total. The Bertz CT molecular complexity index is 619. The Morgan fingerprint density at radius 1 is 1.32 bits per heavy atom. The molecule has 1 aromatic carbocycles. The van der Waals surface area contributed by atoms with Gasteiger partial charge in [-0.05, 0) is 54.0 Å². The van der Waals surface area contributed by atoms with E-state index in [1.807, 2.05) is 4.68 Å². The summed E-state index contributed by atoms with van der Waals surface area (Å²) in [4.78, 5) is 0. The van der Waals surface area contributed by atoms with Gasteiger partial charge in [0.2, 0.25) is 0 Å². The second-order valence-electron chi connectivity index (χ2n) is 5.33. The highest BCUT2D eigenvalue weighted by Crippen LogP contribution is 2.36. The van der Waals surface area contributed by atoms with Crippen LogP contribution in [0.15, 0.2) is 28.7 Å². The van der Waals surface area contributed by atoms with E-state index in [2.05, 4.69) is 34.9 Å². The van der Waals surface area contributed by atoms with E-state index in [0.29, 0.717) is 13.2 Å². The number of halogens is 2. The summed E-state index contributed by atoms with van der Waals surface area (Å²) in [5.41, 5.74) is 2.57. The number of hydrogen-bond donors (Lipinski definition) is 0. The zero-order chi connectivity index (χ0) is 13.6. The first-order valence-corrected chi connectivity index (χ1v) is 6.90. The van der Waals surface area contributed by atoms with Gasteiger partial charge in [-0.25, -0.2) is 4.39 Å². The minimum absolute atomic E-state index is 0.172. The summed E-state index contributed by atoms with van der Waals surface area (Å²) in [6.45, 7) is 5.35. The summed E-state index contributed by atoms with van der Waals surface area (Å²) < 4.78 is 21.5. The van der Waals surface area contributed by atoms with Gasteiger partial charge >= 0.3 is 0 Å². The summed E-state index contributed by atoms with van der Waals surface area (Å²) in [6, 6.07) is 6.37. The topological polar surface area (TPSA) is 27.1 Å². The van der Waals surface area contributed by atoms with Crippen molar-refractivity contribution >= 4 is 15.9 Å². The average Bonchev–Trinajstić information content (AvgIpc) is 2.70. The van der Waals surface area contributed by atoms with Crippen molar-refractivity contribution in [1.29, 1.82) is 0 Å². The average molecular weight is 325 g/mol. The Labute approximate surface area is 119 Å². The third-order valence-corrected chi connectivity index (χ3v) is 4.14. The van der Waals surface area contributed by atoms with E-state index in [4.69, 9.17) is 4.74 Å². The third kappa shape index (κ3) is 2.11. The van der Waals surface area contributed by atoms with Gasteiger partial charge in [-0.1, -0.05) is 0 Å². The minimum atomic E-state index is -0.243. The SMILES string of the molecule is CC1(C)COCc2c(Br)c(-c3ccc(F)cc3)nn21. The van der Waals surface area contributed by atoms with Gasteiger partial charge in [0.15, 0.2) is 0 Å². The molecule has 0 saturated carbocycles. The molecule has 0 atom stereocenters. The standard InChI is InChI=1S/C14H14BrFN2O/c1-14(2)8-19-7-11-12(15)13(17-18(11)14)9-3-5-10(16)6-4-9/h3-6H,7-8H2,1-2H3. The number of hydrogen-bond acceptors (Lipinski definition) is 2. The molecule has 0 aliphatic carbocycles. The van der Waals surface area contributed by atoms with Crippen LogP contribution in [0.5, 0.6) is 0 Å². The van der Waals surface area contributed by atoms with Gasteiger partial charge < -0.3 is 4.74 Å². The second kappa shape index (κ2) is 4.42. The van der Waals surface area contributed by atoms with Crippen LogP contribution in [0, 0.1) is 5.82 Å². The molecule has 0 radical (unpaired) electrons. The number of benzene rings is 1. The van der Waals surface area contributed by atoms with Crippen LogP contribution in [-0.4, -0.2) is 16.4 Å². The summed E-state index contributed by atoms with van der Waals surface area (Å²) in [6.07, 6.45) is 0. The van der Waals surface area contributed by atoms with Crippen molar-refractivity contribution in [3.8, 4) is 11.3 Å². The maximum atomic E-state index is 13.0. The van der Waals surface area contributed by atoms with Gasteiger partial charge in [-0.2, -0.15) is 5.10 Å². The molecule has 0 bridgehead atoms. The van der Waals surface area contributed by atoms with Crippen LogP contribution in [-0.2, 0) is 16.9 Å². The zero-order valence-electron chi connectivity index (χ0n) is 10.8. The van der Waals surface area contributed by atoms with Crippen molar-refractivity contribution in [3.63, 3.8) is 0 Å². The molecule has 2 aromatic rings. The van der Waals surface area contributed by atoms with Crippen molar-refractivity contribution in [1.82, 2.24) is 9.78 Å². The fourth-order valence-electron chi connectivity index (χ4n) is 2.31. The first kappa shape index (κ1) is 12.8. The smallest absolute Gasteiger partial charge is 0.123 e. The highest BCUT2D eigenvalue weighted by molar-refractivity contribution is 9.10. The van der Waals surface area contributed by atoms with Crippen LogP contribution in [0.1, 0.15) is 19.5 Å². The number of nitrogens with zero attached hydrogens (tertiary/aromatic N) is 2. The Morgan fingerprint density at radius 2 is 2.00 bits per heavy atom. The lowest BCUT2D eigenvalue weighted by Crippen LogP contribution is -2.38. The lowest BCUT2D eigenvalue weighted by Gasteiger charge is -2.31. The molecular weight excluding hydrogens is 311 g/mol. The quantitative estimate of drug-likeness (QED) is 0.799. The summed E-state index contributed by atoms with van der Waals surface area (Å²) in [7, 11) is 0. The van der Waals surface area contributed by atoms with Crippen molar-refractivity contribution in [2.45, 2.75) is 26.0 Å². The van der Waals surface area contributed by atoms with E-state index in [1.54, 1.807) is 12.1 Å². The Kier molecular flexibility index (Phi) is 2.98. The van der Waals surface area contributed by atoms with Crippen LogP contribution < -0.4 is 0 Å². The molecule has 19 heavy (non-hydrogen) atoms. The first-order valence-electron chi connectivity index (χ1n) is 6.10. The summed E-state index contributed by atoms with van der Waals surface area (Å²) in [5.74, 6) is -0.243. The summed E-state index contributed by atoms with van der Waals surface area (Å²) >= 11 is 3.59. The van der Waals surface area contributed by atoms with Gasteiger partial charge in [0.05, 0.1) is 28.9 Å². The number of fused-ring (bicyclic) bond motifs is 1. The van der Waals surface area contributed by atoms with E-state index in [-0.39, 0.29) is 11.4 Å². The first-order chi connectivity index (χ1) is 8.99. The number of aromatic nitrogens is 2. The number of ether oxygens (including phenoxy) is 1. The van der Waals surface area contributed by atoms with Crippen LogP contribution >= 0.6 is 15.9 Å². The molecule has 5 heteroatoms. The normalized spacial score (nSPS) is 17.3.